The van der Waals surface area contributed by atoms with Gasteiger partial charge in [-0.3, -0.25) is 0 Å². The van der Waals surface area contributed by atoms with E-state index in [1.165, 1.54) is 16.3 Å². The normalized spacial score (nSPS) is 12.3. The predicted octanol–water partition coefficient (Wildman–Crippen LogP) is 4.81. The van der Waals surface area contributed by atoms with E-state index in [4.69, 9.17) is 4.43 Å². The van der Waals surface area contributed by atoms with Crippen LogP contribution in [0.15, 0.2) is 53.6 Å². The van der Waals surface area contributed by atoms with Gasteiger partial charge in [0.2, 0.25) is 8.32 Å². The van der Waals surface area contributed by atoms with Gasteiger partial charge >= 0.3 is 0 Å². The van der Waals surface area contributed by atoms with E-state index in [1.807, 2.05) is 0 Å². The van der Waals surface area contributed by atoms with Crippen molar-refractivity contribution in [2.24, 2.45) is 0 Å². The van der Waals surface area contributed by atoms with Crippen LogP contribution in [0, 0.1) is 0 Å². The van der Waals surface area contributed by atoms with Crippen molar-refractivity contribution in [2.75, 3.05) is 6.61 Å². The van der Waals surface area contributed by atoms with Crippen LogP contribution in [-0.2, 0) is 4.43 Å². The number of allylic oxidation sites excluding steroid dienone is 3. The van der Waals surface area contributed by atoms with Gasteiger partial charge in [0, 0.05) is 0 Å². The molecule has 1 aromatic carbocycles. The van der Waals surface area contributed by atoms with Crippen molar-refractivity contribution >= 4 is 13.5 Å². The van der Waals surface area contributed by atoms with E-state index >= 15 is 0 Å². The molecule has 0 atom stereocenters. The standard InChI is InChI=1S/C18H28OSi/c1-16(2)11-9-10-12-17(3)15-19-20(4,5)18-13-7-6-8-14-18/h6-8,11-14H,9-10,15H2,1-5H3/b17-12+. The second-order valence-electron chi connectivity index (χ2n) is 6.07. The van der Waals surface area contributed by atoms with Crippen molar-refractivity contribution in [2.45, 2.75) is 46.7 Å². The van der Waals surface area contributed by atoms with Crippen molar-refractivity contribution in [3.8, 4) is 0 Å². The number of unbranched alkanes of at least 4 members (excludes halogenated alkanes) is 1. The Kier molecular flexibility index (Phi) is 6.96. The van der Waals surface area contributed by atoms with Gasteiger partial charge in [-0.15, -0.1) is 0 Å². The lowest BCUT2D eigenvalue weighted by Crippen LogP contribution is -2.44. The molecular weight excluding hydrogens is 260 g/mol. The molecule has 1 aromatic rings. The highest BCUT2D eigenvalue weighted by Crippen LogP contribution is 2.09. The van der Waals surface area contributed by atoms with Gasteiger partial charge in [0.15, 0.2) is 0 Å². The molecule has 2 heteroatoms. The molecule has 20 heavy (non-hydrogen) atoms. The molecule has 0 amide bonds. The molecule has 1 rings (SSSR count). The Morgan fingerprint density at radius 3 is 2.20 bits per heavy atom. The van der Waals surface area contributed by atoms with Crippen LogP contribution in [-0.4, -0.2) is 14.9 Å². The number of hydrogen-bond donors (Lipinski definition) is 0. The van der Waals surface area contributed by atoms with Gasteiger partial charge in [0.1, 0.15) is 0 Å². The molecule has 0 aliphatic carbocycles. The van der Waals surface area contributed by atoms with Crippen LogP contribution in [0.4, 0.5) is 0 Å². The molecule has 0 unspecified atom stereocenters. The van der Waals surface area contributed by atoms with E-state index < -0.39 is 8.32 Å². The first kappa shape index (κ1) is 16.9. The lowest BCUT2D eigenvalue weighted by molar-refractivity contribution is 0.350. The highest BCUT2D eigenvalue weighted by atomic mass is 28.4. The van der Waals surface area contributed by atoms with Crippen molar-refractivity contribution in [1.82, 2.24) is 0 Å². The van der Waals surface area contributed by atoms with Crippen LogP contribution >= 0.6 is 0 Å². The lowest BCUT2D eigenvalue weighted by Gasteiger charge is -2.23. The highest BCUT2D eigenvalue weighted by Gasteiger charge is 2.24. The van der Waals surface area contributed by atoms with Crippen molar-refractivity contribution in [3.05, 3.63) is 53.6 Å². The smallest absolute Gasteiger partial charge is 0.218 e. The molecule has 0 aromatic heterocycles. The lowest BCUT2D eigenvalue weighted by atomic mass is 10.2. The van der Waals surface area contributed by atoms with E-state index in [0.717, 1.165) is 19.4 Å². The monoisotopic (exact) mass is 288 g/mol. The molecule has 0 spiro atoms. The maximum Gasteiger partial charge on any atom is 0.218 e. The third-order valence-corrected chi connectivity index (χ3v) is 5.93. The molecule has 110 valence electrons. The second kappa shape index (κ2) is 8.23. The van der Waals surface area contributed by atoms with Crippen molar-refractivity contribution in [3.63, 3.8) is 0 Å². The van der Waals surface area contributed by atoms with Gasteiger partial charge < -0.3 is 4.43 Å². The Balaban J connectivity index is 2.45. The highest BCUT2D eigenvalue weighted by molar-refractivity contribution is 6.84. The zero-order valence-electron chi connectivity index (χ0n) is 13.6. The van der Waals surface area contributed by atoms with Gasteiger partial charge in [-0.1, -0.05) is 53.6 Å². The summed E-state index contributed by atoms with van der Waals surface area (Å²) in [4.78, 5) is 0. The molecule has 1 nitrogen and oxygen atoms in total. The summed E-state index contributed by atoms with van der Waals surface area (Å²) >= 11 is 0. The Morgan fingerprint density at radius 2 is 1.60 bits per heavy atom. The van der Waals surface area contributed by atoms with E-state index in [2.05, 4.69) is 76.3 Å². The van der Waals surface area contributed by atoms with E-state index in [0.29, 0.717) is 0 Å². The van der Waals surface area contributed by atoms with Gasteiger partial charge in [0.25, 0.3) is 0 Å². The van der Waals surface area contributed by atoms with Crippen LogP contribution in [0.25, 0.3) is 0 Å². The molecule has 0 N–H and O–H groups in total. The first-order chi connectivity index (χ1) is 9.42. The average Bonchev–Trinajstić information content (AvgIpc) is 2.42. The minimum atomic E-state index is -1.76. The van der Waals surface area contributed by atoms with Crippen LogP contribution in [0.2, 0.25) is 13.1 Å². The molecule has 0 bridgehead atoms. The molecule has 0 fully saturated rings. The zero-order valence-corrected chi connectivity index (χ0v) is 14.6. The minimum absolute atomic E-state index is 0.753. The molecular formula is C18H28OSi. The summed E-state index contributed by atoms with van der Waals surface area (Å²) in [6.45, 7) is 11.7. The minimum Gasteiger partial charge on any atom is -0.409 e. The molecule has 0 aliphatic heterocycles. The van der Waals surface area contributed by atoms with E-state index in [1.54, 1.807) is 0 Å². The summed E-state index contributed by atoms with van der Waals surface area (Å²) in [5, 5.41) is 1.36. The van der Waals surface area contributed by atoms with Crippen LogP contribution in [0.5, 0.6) is 0 Å². The largest absolute Gasteiger partial charge is 0.409 e. The van der Waals surface area contributed by atoms with Crippen LogP contribution in [0.3, 0.4) is 0 Å². The average molecular weight is 289 g/mol. The fourth-order valence-corrected chi connectivity index (χ4v) is 3.73. The third kappa shape index (κ3) is 6.35. The summed E-state index contributed by atoms with van der Waals surface area (Å²) in [5.41, 5.74) is 2.73. The first-order valence-corrected chi connectivity index (χ1v) is 10.3. The molecule has 0 saturated heterocycles. The maximum atomic E-state index is 6.21. The molecule has 0 heterocycles. The van der Waals surface area contributed by atoms with Gasteiger partial charge in [0.05, 0.1) is 6.61 Å². The maximum absolute atomic E-state index is 6.21. The van der Waals surface area contributed by atoms with Crippen molar-refractivity contribution in [1.29, 1.82) is 0 Å². The Bertz CT molecular complexity index is 454. The van der Waals surface area contributed by atoms with Crippen LogP contribution < -0.4 is 5.19 Å². The van der Waals surface area contributed by atoms with Gasteiger partial charge in [-0.25, -0.2) is 0 Å². The fourth-order valence-electron chi connectivity index (χ4n) is 1.98. The molecule has 0 saturated carbocycles. The van der Waals surface area contributed by atoms with E-state index in [-0.39, 0.29) is 0 Å². The summed E-state index contributed by atoms with van der Waals surface area (Å²) in [6.07, 6.45) is 6.81. The molecule has 0 radical (unpaired) electrons. The van der Waals surface area contributed by atoms with Crippen molar-refractivity contribution < 1.29 is 4.43 Å². The summed E-state index contributed by atoms with van der Waals surface area (Å²) in [6, 6.07) is 10.6. The second-order valence-corrected chi connectivity index (χ2v) is 9.96. The predicted molar refractivity (Wildman–Crippen MR) is 91.9 cm³/mol. The fraction of sp³-hybridized carbons (Fsp3) is 0.444. The first-order valence-electron chi connectivity index (χ1n) is 7.40. The Hall–Kier alpha value is -1.12. The Morgan fingerprint density at radius 1 is 1.00 bits per heavy atom. The quantitative estimate of drug-likeness (QED) is 0.397. The van der Waals surface area contributed by atoms with Gasteiger partial charge in [-0.2, -0.15) is 0 Å². The SMILES string of the molecule is CC(C)=CCC/C=C(\C)CO[Si](C)(C)c1ccccc1. The summed E-state index contributed by atoms with van der Waals surface area (Å²) in [7, 11) is -1.76. The number of benzene rings is 1. The Labute approximate surface area is 125 Å². The zero-order chi connectivity index (χ0) is 15.0. The van der Waals surface area contributed by atoms with E-state index in [9.17, 15) is 0 Å². The summed E-state index contributed by atoms with van der Waals surface area (Å²) < 4.78 is 6.21. The topological polar surface area (TPSA) is 9.23 Å². The third-order valence-electron chi connectivity index (χ3n) is 3.34. The van der Waals surface area contributed by atoms with Crippen LogP contribution in [0.1, 0.15) is 33.6 Å². The molecule has 0 aliphatic rings. The number of hydrogen-bond acceptors (Lipinski definition) is 1. The van der Waals surface area contributed by atoms with Gasteiger partial charge in [-0.05, 0) is 51.9 Å². The summed E-state index contributed by atoms with van der Waals surface area (Å²) in [5.74, 6) is 0. The number of rotatable bonds is 7.